The third-order valence-electron chi connectivity index (χ3n) is 3.73. The second-order valence-electron chi connectivity index (χ2n) is 5.31. The molecule has 2 heteroatoms. The highest BCUT2D eigenvalue weighted by atomic mass is 15.4. The Hall–Kier alpha value is -0.370. The molecule has 1 aliphatic heterocycles. The van der Waals surface area contributed by atoms with Crippen molar-refractivity contribution < 1.29 is 4.48 Å². The molecule has 0 fully saturated rings. The number of unbranched alkanes of at least 4 members (excludes halogenated alkanes) is 4. The largest absolute Gasteiger partial charge is 0.280 e. The van der Waals surface area contributed by atoms with Crippen LogP contribution in [0.4, 0.5) is 0 Å². The maximum atomic E-state index is 4.71. The smallest absolute Gasteiger partial charge is 0.198 e. The van der Waals surface area contributed by atoms with Gasteiger partial charge in [-0.25, -0.2) is 4.99 Å². The molecular weight excluding hydrogens is 196 g/mol. The number of nitrogens with zero attached hydrogens (tertiary/aromatic N) is 2. The van der Waals surface area contributed by atoms with E-state index in [4.69, 9.17) is 4.99 Å². The summed E-state index contributed by atoms with van der Waals surface area (Å²) in [5, 5.41) is 0. The molecule has 0 N–H and O–H groups in total. The van der Waals surface area contributed by atoms with Gasteiger partial charge in [-0.2, -0.15) is 0 Å². The number of rotatable bonds is 8. The van der Waals surface area contributed by atoms with Crippen molar-refractivity contribution in [1.29, 1.82) is 0 Å². The molecule has 0 radical (unpaired) electrons. The summed E-state index contributed by atoms with van der Waals surface area (Å²) in [6.07, 6.45) is 9.38. The molecule has 0 spiro atoms. The average Bonchev–Trinajstić information content (AvgIpc) is 2.60. The first kappa shape index (κ1) is 13.7. The average molecular weight is 225 g/mol. The quantitative estimate of drug-likeness (QED) is 0.442. The molecule has 0 bridgehead atoms. The van der Waals surface area contributed by atoms with Gasteiger partial charge < -0.3 is 0 Å². The van der Waals surface area contributed by atoms with E-state index in [0.29, 0.717) is 0 Å². The van der Waals surface area contributed by atoms with E-state index >= 15 is 0 Å². The van der Waals surface area contributed by atoms with Crippen LogP contribution in [-0.2, 0) is 0 Å². The van der Waals surface area contributed by atoms with Crippen LogP contribution in [0.1, 0.15) is 58.8 Å². The fourth-order valence-electron chi connectivity index (χ4n) is 2.67. The van der Waals surface area contributed by atoms with E-state index in [2.05, 4.69) is 20.9 Å². The van der Waals surface area contributed by atoms with Crippen molar-refractivity contribution in [1.82, 2.24) is 0 Å². The van der Waals surface area contributed by atoms with Crippen molar-refractivity contribution in [3.05, 3.63) is 0 Å². The summed E-state index contributed by atoms with van der Waals surface area (Å²) < 4.78 is 1.13. The molecule has 1 atom stereocenters. The van der Waals surface area contributed by atoms with Crippen molar-refractivity contribution in [3.8, 4) is 0 Å². The molecule has 94 valence electrons. The summed E-state index contributed by atoms with van der Waals surface area (Å²) >= 11 is 0. The van der Waals surface area contributed by atoms with Gasteiger partial charge in [-0.15, -0.1) is 0 Å². The van der Waals surface area contributed by atoms with Gasteiger partial charge in [-0.1, -0.05) is 39.5 Å². The number of aliphatic imine (C=N–C) groups is 1. The zero-order valence-corrected chi connectivity index (χ0v) is 11.5. The van der Waals surface area contributed by atoms with Gasteiger partial charge in [0.2, 0.25) is 0 Å². The van der Waals surface area contributed by atoms with Crippen molar-refractivity contribution >= 4 is 5.84 Å². The van der Waals surface area contributed by atoms with E-state index in [1.54, 1.807) is 0 Å². The van der Waals surface area contributed by atoms with Crippen LogP contribution in [0.3, 0.4) is 0 Å². The standard InChI is InChI=1S/C14H29N2/c1-4-6-7-8-9-10-14-15-11-13-16(14,3)12-5-2/h4-13H2,1-3H3/q+1. The molecule has 1 unspecified atom stereocenters. The van der Waals surface area contributed by atoms with Gasteiger partial charge in [0, 0.05) is 6.42 Å². The second kappa shape index (κ2) is 7.05. The molecule has 1 rings (SSSR count). The Bertz CT molecular complexity index is 223. The van der Waals surface area contributed by atoms with E-state index in [9.17, 15) is 0 Å². The summed E-state index contributed by atoms with van der Waals surface area (Å²) in [4.78, 5) is 4.71. The van der Waals surface area contributed by atoms with Crippen LogP contribution >= 0.6 is 0 Å². The third-order valence-corrected chi connectivity index (χ3v) is 3.73. The lowest BCUT2D eigenvalue weighted by molar-refractivity contribution is -0.815. The summed E-state index contributed by atoms with van der Waals surface area (Å²) in [6, 6.07) is 0. The van der Waals surface area contributed by atoms with Gasteiger partial charge in [0.05, 0.1) is 20.1 Å². The molecule has 2 nitrogen and oxygen atoms in total. The first-order valence-corrected chi connectivity index (χ1v) is 7.11. The topological polar surface area (TPSA) is 12.4 Å². The molecular formula is C14H29N2+. The molecule has 1 heterocycles. The Morgan fingerprint density at radius 3 is 2.50 bits per heavy atom. The van der Waals surface area contributed by atoms with E-state index in [1.165, 1.54) is 63.9 Å². The van der Waals surface area contributed by atoms with Crippen LogP contribution in [0.25, 0.3) is 0 Å². The van der Waals surface area contributed by atoms with Crippen LogP contribution in [0.2, 0.25) is 0 Å². The molecule has 0 aromatic carbocycles. The minimum atomic E-state index is 1.06. The summed E-state index contributed by atoms with van der Waals surface area (Å²) in [5.74, 6) is 1.47. The molecule has 0 aromatic rings. The summed E-state index contributed by atoms with van der Waals surface area (Å²) in [6.45, 7) is 8.11. The number of hydrogen-bond acceptors (Lipinski definition) is 1. The van der Waals surface area contributed by atoms with Gasteiger partial charge in [-0.3, -0.25) is 4.48 Å². The Balaban J connectivity index is 2.25. The van der Waals surface area contributed by atoms with Crippen molar-refractivity contribution in [2.24, 2.45) is 4.99 Å². The van der Waals surface area contributed by atoms with E-state index < -0.39 is 0 Å². The highest BCUT2D eigenvalue weighted by molar-refractivity contribution is 5.76. The number of likely N-dealkylation sites (N-methyl/N-ethyl adjacent to an activating group) is 1. The first-order chi connectivity index (χ1) is 7.73. The molecule has 0 aliphatic carbocycles. The Kier molecular flexibility index (Phi) is 6.04. The predicted octanol–water partition coefficient (Wildman–Crippen LogP) is 3.62. The lowest BCUT2D eigenvalue weighted by atomic mass is 10.1. The SMILES string of the molecule is CCCCCCCC1=NCC[N+]1(C)CCC. The molecule has 1 aliphatic rings. The lowest BCUT2D eigenvalue weighted by Crippen LogP contribution is -2.47. The number of amidine groups is 1. The maximum absolute atomic E-state index is 4.71. The Morgan fingerprint density at radius 2 is 1.81 bits per heavy atom. The van der Waals surface area contributed by atoms with Crippen LogP contribution in [0.5, 0.6) is 0 Å². The molecule has 16 heavy (non-hydrogen) atoms. The van der Waals surface area contributed by atoms with Gasteiger partial charge in [-0.05, 0) is 12.8 Å². The fraction of sp³-hybridized carbons (Fsp3) is 0.929. The van der Waals surface area contributed by atoms with E-state index in [1.807, 2.05) is 0 Å². The van der Waals surface area contributed by atoms with E-state index in [0.717, 1.165) is 11.0 Å². The monoisotopic (exact) mass is 225 g/mol. The van der Waals surface area contributed by atoms with Gasteiger partial charge in [0.1, 0.15) is 6.54 Å². The van der Waals surface area contributed by atoms with Gasteiger partial charge in [0.25, 0.3) is 0 Å². The van der Waals surface area contributed by atoms with Crippen LogP contribution in [0.15, 0.2) is 4.99 Å². The number of hydrogen-bond donors (Lipinski definition) is 0. The first-order valence-electron chi connectivity index (χ1n) is 7.11. The van der Waals surface area contributed by atoms with Crippen molar-refractivity contribution in [2.75, 3.05) is 26.7 Å². The molecule has 0 saturated heterocycles. The molecule has 0 aromatic heterocycles. The Morgan fingerprint density at radius 1 is 1.06 bits per heavy atom. The summed E-state index contributed by atoms with van der Waals surface area (Å²) in [5.41, 5.74) is 0. The number of quaternary nitrogens is 1. The fourth-order valence-corrected chi connectivity index (χ4v) is 2.67. The van der Waals surface area contributed by atoms with Crippen molar-refractivity contribution in [2.45, 2.75) is 58.8 Å². The second-order valence-corrected chi connectivity index (χ2v) is 5.31. The van der Waals surface area contributed by atoms with E-state index in [-0.39, 0.29) is 0 Å². The van der Waals surface area contributed by atoms with Gasteiger partial charge >= 0.3 is 0 Å². The highest BCUT2D eigenvalue weighted by Gasteiger charge is 2.31. The minimum Gasteiger partial charge on any atom is -0.280 e. The highest BCUT2D eigenvalue weighted by Crippen LogP contribution is 2.18. The lowest BCUT2D eigenvalue weighted by Gasteiger charge is -2.29. The normalized spacial score (nSPS) is 24.8. The summed E-state index contributed by atoms with van der Waals surface area (Å²) in [7, 11) is 2.36. The zero-order chi connectivity index (χ0) is 11.9. The molecule has 0 amide bonds. The Labute approximate surface area is 101 Å². The third kappa shape index (κ3) is 3.89. The van der Waals surface area contributed by atoms with Gasteiger partial charge in [0.15, 0.2) is 5.84 Å². The molecule has 0 saturated carbocycles. The maximum Gasteiger partial charge on any atom is 0.198 e. The van der Waals surface area contributed by atoms with Crippen molar-refractivity contribution in [3.63, 3.8) is 0 Å². The van der Waals surface area contributed by atoms with Crippen LogP contribution < -0.4 is 0 Å². The van der Waals surface area contributed by atoms with Crippen LogP contribution in [-0.4, -0.2) is 37.0 Å². The van der Waals surface area contributed by atoms with Crippen LogP contribution in [0, 0.1) is 0 Å². The predicted molar refractivity (Wildman–Crippen MR) is 71.9 cm³/mol. The minimum absolute atomic E-state index is 1.06. The zero-order valence-electron chi connectivity index (χ0n) is 11.5.